The summed E-state index contributed by atoms with van der Waals surface area (Å²) in [5, 5.41) is 6.06. The fraction of sp³-hybridized carbons (Fsp3) is 0.158. The van der Waals surface area contributed by atoms with Crippen LogP contribution in [0.4, 0.5) is 17.2 Å². The van der Waals surface area contributed by atoms with Gasteiger partial charge in [0.2, 0.25) is 0 Å². The van der Waals surface area contributed by atoms with E-state index in [1.807, 2.05) is 24.3 Å². The first kappa shape index (κ1) is 15.8. The van der Waals surface area contributed by atoms with Gasteiger partial charge in [-0.25, -0.2) is 4.98 Å². The van der Waals surface area contributed by atoms with Gasteiger partial charge in [-0.15, -0.1) is 0 Å². The third kappa shape index (κ3) is 3.63. The molecule has 0 atom stereocenters. The predicted molar refractivity (Wildman–Crippen MR) is 94.7 cm³/mol. The molecule has 1 amide bonds. The van der Waals surface area contributed by atoms with Gasteiger partial charge in [-0.3, -0.25) is 4.79 Å². The number of nitrogens with zero attached hydrogens (tertiary/aromatic N) is 1. The van der Waals surface area contributed by atoms with Crippen molar-refractivity contribution in [2.75, 3.05) is 10.6 Å². The first-order valence-electron chi connectivity index (χ1n) is 7.80. The van der Waals surface area contributed by atoms with E-state index in [0.29, 0.717) is 11.6 Å². The number of carbonyl (C=O) groups is 1. The quantitative estimate of drug-likeness (QED) is 0.708. The number of furan rings is 1. The summed E-state index contributed by atoms with van der Waals surface area (Å²) >= 11 is 0. The van der Waals surface area contributed by atoms with Gasteiger partial charge < -0.3 is 15.1 Å². The van der Waals surface area contributed by atoms with Gasteiger partial charge in [0.15, 0.2) is 5.76 Å². The van der Waals surface area contributed by atoms with Crippen molar-refractivity contribution in [1.29, 1.82) is 0 Å². The average molecular weight is 321 g/mol. The molecule has 2 aromatic heterocycles. The lowest BCUT2D eigenvalue weighted by Gasteiger charge is -2.14. The Labute approximate surface area is 140 Å². The lowest BCUT2D eigenvalue weighted by atomic mass is 10.0. The van der Waals surface area contributed by atoms with Crippen LogP contribution in [-0.2, 0) is 0 Å². The van der Waals surface area contributed by atoms with Crippen LogP contribution < -0.4 is 10.6 Å². The van der Waals surface area contributed by atoms with Gasteiger partial charge in [0.1, 0.15) is 5.82 Å². The minimum atomic E-state index is -0.298. The number of anilines is 3. The van der Waals surface area contributed by atoms with E-state index in [9.17, 15) is 4.79 Å². The maximum Gasteiger partial charge on any atom is 0.291 e. The van der Waals surface area contributed by atoms with Gasteiger partial charge in [0.25, 0.3) is 5.91 Å². The van der Waals surface area contributed by atoms with Crippen LogP contribution in [0, 0.1) is 0 Å². The summed E-state index contributed by atoms with van der Waals surface area (Å²) < 4.78 is 5.06. The van der Waals surface area contributed by atoms with E-state index in [2.05, 4.69) is 35.5 Å². The molecule has 0 spiro atoms. The molecule has 0 aliphatic rings. The number of nitrogens with one attached hydrogen (secondary N) is 2. The minimum Gasteiger partial charge on any atom is -0.459 e. The van der Waals surface area contributed by atoms with Crippen molar-refractivity contribution >= 4 is 23.1 Å². The number of carbonyl (C=O) groups excluding carboxylic acids is 1. The molecule has 0 unspecified atom stereocenters. The van der Waals surface area contributed by atoms with Gasteiger partial charge in [-0.2, -0.15) is 0 Å². The summed E-state index contributed by atoms with van der Waals surface area (Å²) in [6.45, 7) is 4.31. The Balaban J connectivity index is 1.70. The van der Waals surface area contributed by atoms with E-state index in [1.54, 1.807) is 24.4 Å². The van der Waals surface area contributed by atoms with E-state index < -0.39 is 0 Å². The molecule has 5 nitrogen and oxygen atoms in total. The minimum absolute atomic E-state index is 0.267. The monoisotopic (exact) mass is 321 g/mol. The number of aromatic nitrogens is 1. The molecule has 3 aromatic rings. The lowest BCUT2D eigenvalue weighted by Crippen LogP contribution is -2.11. The molecule has 122 valence electrons. The molecule has 1 aromatic carbocycles. The number of benzene rings is 1. The maximum absolute atomic E-state index is 11.9. The fourth-order valence-corrected chi connectivity index (χ4v) is 2.39. The largest absolute Gasteiger partial charge is 0.459 e. The van der Waals surface area contributed by atoms with E-state index >= 15 is 0 Å². The number of para-hydroxylation sites is 1. The molecule has 2 N–H and O–H groups in total. The molecule has 3 rings (SSSR count). The Morgan fingerprint density at radius 3 is 2.58 bits per heavy atom. The van der Waals surface area contributed by atoms with Crippen LogP contribution in [0.15, 0.2) is 65.4 Å². The summed E-state index contributed by atoms with van der Waals surface area (Å²) in [6.07, 6.45) is 3.08. The topological polar surface area (TPSA) is 67.2 Å². The molecule has 0 aliphatic carbocycles. The van der Waals surface area contributed by atoms with Crippen molar-refractivity contribution in [3.63, 3.8) is 0 Å². The van der Waals surface area contributed by atoms with Gasteiger partial charge in [-0.1, -0.05) is 32.0 Å². The number of hydrogen-bond donors (Lipinski definition) is 2. The maximum atomic E-state index is 11.9. The van der Waals surface area contributed by atoms with Crippen LogP contribution in [0.25, 0.3) is 0 Å². The molecule has 0 saturated carbocycles. The molecule has 0 aliphatic heterocycles. The Kier molecular flexibility index (Phi) is 4.61. The number of hydrogen-bond acceptors (Lipinski definition) is 4. The van der Waals surface area contributed by atoms with Gasteiger partial charge >= 0.3 is 0 Å². The Bertz CT molecular complexity index is 809. The zero-order valence-electron chi connectivity index (χ0n) is 13.6. The molecular weight excluding hydrogens is 302 g/mol. The predicted octanol–water partition coefficient (Wildman–Crippen LogP) is 4.79. The Morgan fingerprint density at radius 2 is 1.92 bits per heavy atom. The molecule has 0 saturated heterocycles. The third-order valence-electron chi connectivity index (χ3n) is 3.61. The van der Waals surface area contributed by atoms with E-state index in [1.165, 1.54) is 11.8 Å². The van der Waals surface area contributed by atoms with Crippen LogP contribution in [-0.4, -0.2) is 10.9 Å². The highest BCUT2D eigenvalue weighted by atomic mass is 16.3. The molecule has 0 radical (unpaired) electrons. The molecule has 0 bridgehead atoms. The van der Waals surface area contributed by atoms with Gasteiger partial charge in [0, 0.05) is 5.69 Å². The molecule has 0 fully saturated rings. The zero-order chi connectivity index (χ0) is 16.9. The number of rotatable bonds is 5. The van der Waals surface area contributed by atoms with E-state index in [0.717, 1.165) is 11.5 Å². The summed E-state index contributed by atoms with van der Waals surface area (Å²) in [7, 11) is 0. The van der Waals surface area contributed by atoms with Gasteiger partial charge in [-0.05, 0) is 41.8 Å². The molecule has 2 heterocycles. The second-order valence-corrected chi connectivity index (χ2v) is 5.73. The van der Waals surface area contributed by atoms with Gasteiger partial charge in [0.05, 0.1) is 18.1 Å². The number of amides is 1. The highest BCUT2D eigenvalue weighted by Gasteiger charge is 2.09. The summed E-state index contributed by atoms with van der Waals surface area (Å²) in [5.41, 5.74) is 2.88. The SMILES string of the molecule is CC(C)c1ccccc1Nc1ccc(NC(=O)c2ccco2)cn1. The van der Waals surface area contributed by atoms with E-state index in [-0.39, 0.29) is 11.7 Å². The molecular formula is C19H19N3O2. The number of pyridine rings is 1. The average Bonchev–Trinajstić information content (AvgIpc) is 3.11. The van der Waals surface area contributed by atoms with Crippen LogP contribution in [0.5, 0.6) is 0 Å². The normalized spacial score (nSPS) is 10.6. The van der Waals surface area contributed by atoms with Crippen LogP contribution in [0.1, 0.15) is 35.9 Å². The van der Waals surface area contributed by atoms with Crippen molar-refractivity contribution in [3.05, 3.63) is 72.3 Å². The second kappa shape index (κ2) is 7.00. The van der Waals surface area contributed by atoms with Crippen molar-refractivity contribution < 1.29 is 9.21 Å². The van der Waals surface area contributed by atoms with Crippen molar-refractivity contribution in [2.45, 2.75) is 19.8 Å². The van der Waals surface area contributed by atoms with E-state index in [4.69, 9.17) is 4.42 Å². The van der Waals surface area contributed by atoms with Crippen molar-refractivity contribution in [1.82, 2.24) is 4.98 Å². The Hall–Kier alpha value is -3.08. The van der Waals surface area contributed by atoms with Crippen LogP contribution in [0.2, 0.25) is 0 Å². The van der Waals surface area contributed by atoms with Crippen molar-refractivity contribution in [2.24, 2.45) is 0 Å². The Morgan fingerprint density at radius 1 is 1.08 bits per heavy atom. The third-order valence-corrected chi connectivity index (χ3v) is 3.61. The molecule has 24 heavy (non-hydrogen) atoms. The standard InChI is InChI=1S/C19H19N3O2/c1-13(2)15-6-3-4-7-16(15)22-18-10-9-14(12-20-18)21-19(23)17-8-5-11-24-17/h3-13H,1-2H3,(H,20,22)(H,21,23). The smallest absolute Gasteiger partial charge is 0.291 e. The summed E-state index contributed by atoms with van der Waals surface area (Å²) in [6, 6.07) is 15.1. The highest BCUT2D eigenvalue weighted by molar-refractivity contribution is 6.02. The summed E-state index contributed by atoms with van der Waals surface area (Å²) in [4.78, 5) is 16.3. The molecule has 5 heteroatoms. The fourth-order valence-electron chi connectivity index (χ4n) is 2.39. The lowest BCUT2D eigenvalue weighted by molar-refractivity contribution is 0.0996. The summed E-state index contributed by atoms with van der Waals surface area (Å²) in [5.74, 6) is 1.11. The zero-order valence-corrected chi connectivity index (χ0v) is 13.6. The first-order valence-corrected chi connectivity index (χ1v) is 7.80. The first-order chi connectivity index (χ1) is 11.6. The second-order valence-electron chi connectivity index (χ2n) is 5.73. The highest BCUT2D eigenvalue weighted by Crippen LogP contribution is 2.26. The van der Waals surface area contributed by atoms with Crippen LogP contribution >= 0.6 is 0 Å². The van der Waals surface area contributed by atoms with Crippen molar-refractivity contribution in [3.8, 4) is 0 Å². The van der Waals surface area contributed by atoms with Crippen LogP contribution in [0.3, 0.4) is 0 Å².